The van der Waals surface area contributed by atoms with E-state index in [-0.39, 0.29) is 5.91 Å². The summed E-state index contributed by atoms with van der Waals surface area (Å²) in [4.78, 5) is 24.9. The van der Waals surface area contributed by atoms with Crippen molar-refractivity contribution in [3.8, 4) is 0 Å². The maximum atomic E-state index is 12.3. The summed E-state index contributed by atoms with van der Waals surface area (Å²) in [7, 11) is 0. The van der Waals surface area contributed by atoms with Gasteiger partial charge in [-0.25, -0.2) is 0 Å². The zero-order chi connectivity index (χ0) is 13.3. The van der Waals surface area contributed by atoms with E-state index in [4.69, 9.17) is 5.11 Å². The third kappa shape index (κ3) is 2.95. The summed E-state index contributed by atoms with van der Waals surface area (Å²) in [5.41, 5.74) is 0.595. The average molecular weight is 397 g/mol. The quantitative estimate of drug-likeness (QED) is 0.834. The highest BCUT2D eigenvalue weighted by Crippen LogP contribution is 2.33. The Kier molecular flexibility index (Phi) is 4.45. The highest BCUT2D eigenvalue weighted by molar-refractivity contribution is 9.12. The molecule has 0 aromatic carbocycles. The number of piperidine rings is 1. The molecule has 4 nitrogen and oxygen atoms in total. The molecule has 0 saturated carbocycles. The van der Waals surface area contributed by atoms with Gasteiger partial charge in [0.15, 0.2) is 0 Å². The molecule has 0 spiro atoms. The van der Waals surface area contributed by atoms with Gasteiger partial charge in [-0.15, -0.1) is 11.3 Å². The molecule has 1 fully saturated rings. The van der Waals surface area contributed by atoms with Crippen molar-refractivity contribution in [3.63, 3.8) is 0 Å². The number of halogens is 2. The SMILES string of the molecule is O=C(O)[C@H]1CCCN(C(=O)c2cc(Br)sc2Br)C1. The minimum absolute atomic E-state index is 0.102. The fourth-order valence-electron chi connectivity index (χ4n) is 2.02. The van der Waals surface area contributed by atoms with Crippen molar-refractivity contribution in [3.05, 3.63) is 19.2 Å². The number of carbonyl (C=O) groups excluding carboxylic acids is 1. The standard InChI is InChI=1S/C11H11Br2NO3S/c12-8-4-7(9(13)18-8)10(15)14-3-1-2-6(5-14)11(16)17/h4,6H,1-3,5H2,(H,16,17)/t6-/m0/s1. The normalized spacial score (nSPS) is 19.9. The van der Waals surface area contributed by atoms with Crippen LogP contribution in [0.4, 0.5) is 0 Å². The van der Waals surface area contributed by atoms with E-state index in [1.165, 1.54) is 11.3 Å². The number of amides is 1. The third-order valence-electron chi connectivity index (χ3n) is 2.94. The van der Waals surface area contributed by atoms with E-state index in [1.807, 2.05) is 0 Å². The molecule has 0 aliphatic carbocycles. The van der Waals surface area contributed by atoms with Crippen LogP contribution in [0.3, 0.4) is 0 Å². The fourth-order valence-corrected chi connectivity index (χ4v) is 4.80. The van der Waals surface area contributed by atoms with Crippen LogP contribution in [0.2, 0.25) is 0 Å². The summed E-state index contributed by atoms with van der Waals surface area (Å²) in [6.07, 6.45) is 1.39. The van der Waals surface area contributed by atoms with Gasteiger partial charge >= 0.3 is 5.97 Å². The lowest BCUT2D eigenvalue weighted by Crippen LogP contribution is -2.42. The van der Waals surface area contributed by atoms with Crippen LogP contribution >= 0.6 is 43.2 Å². The first-order chi connectivity index (χ1) is 8.49. The van der Waals surface area contributed by atoms with Crippen LogP contribution in [0.5, 0.6) is 0 Å². The van der Waals surface area contributed by atoms with E-state index in [0.717, 1.165) is 14.0 Å². The van der Waals surface area contributed by atoms with E-state index < -0.39 is 11.9 Å². The summed E-state index contributed by atoms with van der Waals surface area (Å²) in [5, 5.41) is 9.01. The number of rotatable bonds is 2. The number of aliphatic carboxylic acids is 1. The Labute approximate surface area is 125 Å². The molecule has 0 radical (unpaired) electrons. The molecular weight excluding hydrogens is 386 g/mol. The smallest absolute Gasteiger partial charge is 0.308 e. The Morgan fingerprint density at radius 2 is 2.17 bits per heavy atom. The van der Waals surface area contributed by atoms with Gasteiger partial charge in [0.1, 0.15) is 0 Å². The second-order valence-corrected chi connectivity index (χ2v) is 7.92. The van der Waals surface area contributed by atoms with E-state index in [0.29, 0.717) is 25.1 Å². The maximum Gasteiger partial charge on any atom is 0.308 e. The number of carboxylic acids is 1. The number of thiophene rings is 1. The molecule has 1 aliphatic rings. The van der Waals surface area contributed by atoms with E-state index in [9.17, 15) is 9.59 Å². The number of carboxylic acid groups (broad SMARTS) is 1. The molecule has 2 rings (SSSR count). The van der Waals surface area contributed by atoms with Crippen LogP contribution in [0.15, 0.2) is 13.6 Å². The molecule has 0 unspecified atom stereocenters. The van der Waals surface area contributed by atoms with Gasteiger partial charge in [-0.05, 0) is 50.8 Å². The van der Waals surface area contributed by atoms with Gasteiger partial charge in [-0.1, -0.05) is 0 Å². The molecule has 1 aromatic heterocycles. The number of likely N-dealkylation sites (tertiary alicyclic amines) is 1. The van der Waals surface area contributed by atoms with Crippen LogP contribution in [-0.2, 0) is 4.79 Å². The molecule has 1 aliphatic heterocycles. The monoisotopic (exact) mass is 395 g/mol. The minimum atomic E-state index is -0.821. The molecule has 1 N–H and O–H groups in total. The minimum Gasteiger partial charge on any atom is -0.481 e. The zero-order valence-electron chi connectivity index (χ0n) is 9.36. The molecule has 18 heavy (non-hydrogen) atoms. The summed E-state index contributed by atoms with van der Waals surface area (Å²) >= 11 is 8.13. The van der Waals surface area contributed by atoms with Crippen molar-refractivity contribution in [2.24, 2.45) is 5.92 Å². The van der Waals surface area contributed by atoms with Gasteiger partial charge in [-0.3, -0.25) is 9.59 Å². The van der Waals surface area contributed by atoms with Gasteiger partial charge in [-0.2, -0.15) is 0 Å². The van der Waals surface area contributed by atoms with Crippen molar-refractivity contribution in [2.45, 2.75) is 12.8 Å². The predicted molar refractivity (Wildman–Crippen MR) is 76.0 cm³/mol. The van der Waals surface area contributed by atoms with Gasteiger partial charge in [0, 0.05) is 13.1 Å². The second kappa shape index (κ2) is 5.71. The van der Waals surface area contributed by atoms with Crippen LogP contribution < -0.4 is 0 Å². The zero-order valence-corrected chi connectivity index (χ0v) is 13.3. The number of nitrogens with zero attached hydrogens (tertiary/aromatic N) is 1. The summed E-state index contributed by atoms with van der Waals surface area (Å²) in [5.74, 6) is -1.36. The molecule has 0 bridgehead atoms. The number of carbonyl (C=O) groups is 2. The Morgan fingerprint density at radius 1 is 1.44 bits per heavy atom. The van der Waals surface area contributed by atoms with E-state index in [2.05, 4.69) is 31.9 Å². The van der Waals surface area contributed by atoms with Crippen molar-refractivity contribution in [2.75, 3.05) is 13.1 Å². The molecule has 1 atom stereocenters. The van der Waals surface area contributed by atoms with Gasteiger partial charge in [0.2, 0.25) is 0 Å². The predicted octanol–water partition coefficient (Wildman–Crippen LogP) is 3.21. The molecule has 7 heteroatoms. The highest BCUT2D eigenvalue weighted by atomic mass is 79.9. The molecule has 2 heterocycles. The molecule has 1 amide bonds. The van der Waals surface area contributed by atoms with Gasteiger partial charge in [0.25, 0.3) is 5.91 Å². The summed E-state index contributed by atoms with van der Waals surface area (Å²) in [6.45, 7) is 0.927. The Balaban J connectivity index is 2.14. The van der Waals surface area contributed by atoms with Crippen LogP contribution in [0, 0.1) is 5.92 Å². The van der Waals surface area contributed by atoms with E-state index in [1.54, 1.807) is 11.0 Å². The lowest BCUT2D eigenvalue weighted by molar-refractivity contribution is -0.143. The molecule has 1 saturated heterocycles. The first-order valence-corrected chi connectivity index (χ1v) is 7.86. The number of hydrogen-bond donors (Lipinski definition) is 1. The second-order valence-electron chi connectivity index (χ2n) is 4.17. The summed E-state index contributed by atoms with van der Waals surface area (Å²) in [6, 6.07) is 1.77. The third-order valence-corrected chi connectivity index (χ3v) is 5.28. The lowest BCUT2D eigenvalue weighted by Gasteiger charge is -2.30. The van der Waals surface area contributed by atoms with Gasteiger partial charge in [0.05, 0.1) is 19.1 Å². The maximum absolute atomic E-state index is 12.3. The molecule has 1 aromatic rings. The van der Waals surface area contributed by atoms with E-state index >= 15 is 0 Å². The molecule has 98 valence electrons. The Morgan fingerprint density at radius 3 is 2.72 bits per heavy atom. The Hall–Kier alpha value is -0.400. The van der Waals surface area contributed by atoms with Crippen molar-refractivity contribution < 1.29 is 14.7 Å². The Bertz CT molecular complexity index is 489. The first-order valence-electron chi connectivity index (χ1n) is 5.46. The van der Waals surface area contributed by atoms with Crippen molar-refractivity contribution in [1.29, 1.82) is 0 Å². The largest absolute Gasteiger partial charge is 0.481 e. The average Bonchev–Trinajstić information content (AvgIpc) is 2.67. The first kappa shape index (κ1) is 14.0. The van der Waals surface area contributed by atoms with Crippen LogP contribution in [-0.4, -0.2) is 35.0 Å². The number of hydrogen-bond acceptors (Lipinski definition) is 3. The van der Waals surface area contributed by atoms with Crippen LogP contribution in [0.1, 0.15) is 23.2 Å². The van der Waals surface area contributed by atoms with Crippen molar-refractivity contribution in [1.82, 2.24) is 4.90 Å². The summed E-state index contributed by atoms with van der Waals surface area (Å²) < 4.78 is 1.65. The molecular formula is C11H11Br2NO3S. The van der Waals surface area contributed by atoms with Crippen LogP contribution in [0.25, 0.3) is 0 Å². The topological polar surface area (TPSA) is 57.6 Å². The fraction of sp³-hybridized carbons (Fsp3) is 0.455. The van der Waals surface area contributed by atoms with Gasteiger partial charge < -0.3 is 10.0 Å². The highest BCUT2D eigenvalue weighted by Gasteiger charge is 2.29. The lowest BCUT2D eigenvalue weighted by atomic mass is 9.98. The van der Waals surface area contributed by atoms with Crippen molar-refractivity contribution >= 4 is 55.1 Å².